The van der Waals surface area contributed by atoms with Gasteiger partial charge in [-0.25, -0.2) is 9.97 Å². The van der Waals surface area contributed by atoms with E-state index in [1.807, 2.05) is 13.1 Å². The molecular formula is C13H22N4O. The Labute approximate surface area is 108 Å². The van der Waals surface area contributed by atoms with Gasteiger partial charge in [-0.05, 0) is 32.6 Å². The molecule has 1 aromatic heterocycles. The van der Waals surface area contributed by atoms with Crippen LogP contribution in [0.3, 0.4) is 0 Å². The van der Waals surface area contributed by atoms with Crippen molar-refractivity contribution in [3.05, 3.63) is 11.9 Å². The van der Waals surface area contributed by atoms with Gasteiger partial charge < -0.3 is 15.4 Å². The van der Waals surface area contributed by atoms with Gasteiger partial charge in [-0.3, -0.25) is 0 Å². The topological polar surface area (TPSA) is 59.1 Å². The number of nitrogens with one attached hydrogen (secondary N) is 2. The summed E-state index contributed by atoms with van der Waals surface area (Å²) in [5.41, 5.74) is 0.0870. The normalized spacial score (nSPS) is 15.6. The van der Waals surface area contributed by atoms with Crippen LogP contribution in [0.2, 0.25) is 0 Å². The van der Waals surface area contributed by atoms with Crippen molar-refractivity contribution in [3.8, 4) is 0 Å². The number of hydrogen-bond acceptors (Lipinski definition) is 5. The highest BCUT2D eigenvalue weighted by Crippen LogP contribution is 2.40. The average Bonchev–Trinajstić information content (AvgIpc) is 3.12. The van der Waals surface area contributed by atoms with Crippen molar-refractivity contribution in [1.82, 2.24) is 9.97 Å². The standard InChI is InChI=1S/C13H22N4O/c1-13(2,9-5-6-9)17-11-7-10(14-3)15-12(16-11)8-18-4/h7,9H,5-6,8H2,1-4H3,(H2,14,15,16,17). The third-order valence-corrected chi connectivity index (χ3v) is 3.35. The van der Waals surface area contributed by atoms with Crippen molar-refractivity contribution in [1.29, 1.82) is 0 Å². The van der Waals surface area contributed by atoms with E-state index in [1.54, 1.807) is 7.11 Å². The minimum absolute atomic E-state index is 0.0870. The lowest BCUT2D eigenvalue weighted by Crippen LogP contribution is -2.33. The van der Waals surface area contributed by atoms with Gasteiger partial charge in [-0.2, -0.15) is 0 Å². The van der Waals surface area contributed by atoms with E-state index in [2.05, 4.69) is 34.4 Å². The summed E-state index contributed by atoms with van der Waals surface area (Å²) in [6.07, 6.45) is 2.60. The van der Waals surface area contributed by atoms with Crippen molar-refractivity contribution in [3.63, 3.8) is 0 Å². The molecule has 1 saturated carbocycles. The summed E-state index contributed by atoms with van der Waals surface area (Å²) in [7, 11) is 3.51. The fourth-order valence-corrected chi connectivity index (χ4v) is 2.12. The first-order chi connectivity index (χ1) is 8.55. The quantitative estimate of drug-likeness (QED) is 0.811. The first-order valence-electron chi connectivity index (χ1n) is 6.38. The van der Waals surface area contributed by atoms with Gasteiger partial charge >= 0.3 is 0 Å². The molecule has 18 heavy (non-hydrogen) atoms. The lowest BCUT2D eigenvalue weighted by molar-refractivity contribution is 0.178. The summed E-state index contributed by atoms with van der Waals surface area (Å²) in [6.45, 7) is 4.87. The van der Waals surface area contributed by atoms with Crippen LogP contribution >= 0.6 is 0 Å². The van der Waals surface area contributed by atoms with Crippen LogP contribution in [-0.2, 0) is 11.3 Å². The Morgan fingerprint density at radius 2 is 2.00 bits per heavy atom. The zero-order valence-corrected chi connectivity index (χ0v) is 11.6. The third-order valence-electron chi connectivity index (χ3n) is 3.35. The Hall–Kier alpha value is -1.36. The molecule has 0 spiro atoms. The molecule has 1 heterocycles. The fourth-order valence-electron chi connectivity index (χ4n) is 2.12. The molecule has 2 rings (SSSR count). The van der Waals surface area contributed by atoms with Gasteiger partial charge in [-0.1, -0.05) is 0 Å². The van der Waals surface area contributed by atoms with Crippen molar-refractivity contribution in [2.75, 3.05) is 24.8 Å². The van der Waals surface area contributed by atoms with Crippen LogP contribution in [0.15, 0.2) is 6.07 Å². The number of anilines is 2. The van der Waals surface area contributed by atoms with Crippen LogP contribution < -0.4 is 10.6 Å². The highest BCUT2D eigenvalue weighted by Gasteiger charge is 2.37. The second kappa shape index (κ2) is 5.10. The lowest BCUT2D eigenvalue weighted by Gasteiger charge is -2.27. The van der Waals surface area contributed by atoms with Crippen LogP contribution in [0.1, 0.15) is 32.5 Å². The van der Waals surface area contributed by atoms with Gasteiger partial charge in [0.25, 0.3) is 0 Å². The van der Waals surface area contributed by atoms with E-state index < -0.39 is 0 Å². The van der Waals surface area contributed by atoms with Gasteiger partial charge in [0.2, 0.25) is 0 Å². The van der Waals surface area contributed by atoms with E-state index in [0.717, 1.165) is 17.6 Å². The number of aromatic nitrogens is 2. The molecule has 1 aliphatic carbocycles. The maximum Gasteiger partial charge on any atom is 0.158 e. The predicted octanol–water partition coefficient (Wildman–Crippen LogP) is 2.27. The molecule has 0 aromatic carbocycles. The number of ether oxygens (including phenoxy) is 1. The lowest BCUT2D eigenvalue weighted by atomic mass is 9.99. The predicted molar refractivity (Wildman–Crippen MR) is 72.7 cm³/mol. The van der Waals surface area contributed by atoms with Crippen molar-refractivity contribution >= 4 is 11.6 Å². The van der Waals surface area contributed by atoms with Crippen molar-refractivity contribution in [2.24, 2.45) is 5.92 Å². The second-order valence-corrected chi connectivity index (χ2v) is 5.36. The molecule has 2 N–H and O–H groups in total. The van der Waals surface area contributed by atoms with E-state index in [-0.39, 0.29) is 5.54 Å². The largest absolute Gasteiger partial charge is 0.377 e. The van der Waals surface area contributed by atoms with Crippen LogP contribution in [0, 0.1) is 5.92 Å². The third kappa shape index (κ3) is 3.10. The first-order valence-corrected chi connectivity index (χ1v) is 6.38. The van der Waals surface area contributed by atoms with E-state index in [9.17, 15) is 0 Å². The SMILES string of the molecule is CNc1cc(NC(C)(C)C2CC2)nc(COC)n1. The molecule has 100 valence electrons. The van der Waals surface area contributed by atoms with E-state index >= 15 is 0 Å². The van der Waals surface area contributed by atoms with Crippen LogP contribution in [0.5, 0.6) is 0 Å². The van der Waals surface area contributed by atoms with Crippen LogP contribution in [-0.4, -0.2) is 29.7 Å². The maximum atomic E-state index is 5.09. The minimum Gasteiger partial charge on any atom is -0.377 e. The molecule has 0 bridgehead atoms. The van der Waals surface area contributed by atoms with Gasteiger partial charge in [0, 0.05) is 25.8 Å². The number of rotatable bonds is 6. The summed E-state index contributed by atoms with van der Waals surface area (Å²) in [5.74, 6) is 3.11. The van der Waals surface area contributed by atoms with Gasteiger partial charge in [0.15, 0.2) is 5.82 Å². The highest BCUT2D eigenvalue weighted by molar-refractivity contribution is 5.48. The summed E-state index contributed by atoms with van der Waals surface area (Å²) < 4.78 is 5.09. The summed E-state index contributed by atoms with van der Waals surface area (Å²) in [4.78, 5) is 8.82. The molecule has 0 aliphatic heterocycles. The van der Waals surface area contributed by atoms with E-state index in [4.69, 9.17) is 4.74 Å². The van der Waals surface area contributed by atoms with Crippen LogP contribution in [0.25, 0.3) is 0 Å². The Balaban J connectivity index is 2.17. The smallest absolute Gasteiger partial charge is 0.158 e. The van der Waals surface area contributed by atoms with Crippen molar-refractivity contribution < 1.29 is 4.74 Å². The van der Waals surface area contributed by atoms with Crippen molar-refractivity contribution in [2.45, 2.75) is 38.8 Å². The molecule has 1 fully saturated rings. The zero-order chi connectivity index (χ0) is 13.2. The first kappa shape index (κ1) is 13.1. The highest BCUT2D eigenvalue weighted by atomic mass is 16.5. The molecule has 0 radical (unpaired) electrons. The Kier molecular flexibility index (Phi) is 3.71. The number of methoxy groups -OCH3 is 1. The molecule has 0 atom stereocenters. The molecule has 1 aliphatic rings. The molecular weight excluding hydrogens is 228 g/mol. The Morgan fingerprint density at radius 1 is 1.33 bits per heavy atom. The molecule has 0 saturated heterocycles. The molecule has 1 aromatic rings. The maximum absolute atomic E-state index is 5.09. The fraction of sp³-hybridized carbons (Fsp3) is 0.692. The molecule has 0 amide bonds. The molecule has 5 nitrogen and oxygen atoms in total. The molecule has 5 heteroatoms. The Morgan fingerprint density at radius 3 is 2.56 bits per heavy atom. The minimum atomic E-state index is 0.0870. The number of nitrogens with zero attached hydrogens (tertiary/aromatic N) is 2. The van der Waals surface area contributed by atoms with Crippen LogP contribution in [0.4, 0.5) is 11.6 Å². The summed E-state index contributed by atoms with van der Waals surface area (Å²) in [5, 5.41) is 6.56. The average molecular weight is 250 g/mol. The van der Waals surface area contributed by atoms with E-state index in [1.165, 1.54) is 12.8 Å². The number of hydrogen-bond donors (Lipinski definition) is 2. The van der Waals surface area contributed by atoms with Gasteiger partial charge in [0.1, 0.15) is 18.2 Å². The summed E-state index contributed by atoms with van der Waals surface area (Å²) >= 11 is 0. The van der Waals surface area contributed by atoms with E-state index in [0.29, 0.717) is 12.4 Å². The second-order valence-electron chi connectivity index (χ2n) is 5.36. The van der Waals surface area contributed by atoms with Gasteiger partial charge in [-0.15, -0.1) is 0 Å². The molecule has 0 unspecified atom stereocenters. The summed E-state index contributed by atoms with van der Waals surface area (Å²) in [6, 6.07) is 1.93. The Bertz CT molecular complexity index is 415. The van der Waals surface area contributed by atoms with Gasteiger partial charge in [0.05, 0.1) is 0 Å². The monoisotopic (exact) mass is 250 g/mol. The zero-order valence-electron chi connectivity index (χ0n) is 11.6.